The molecule has 1 amide bonds. The van der Waals surface area contributed by atoms with Crippen molar-refractivity contribution in [2.75, 3.05) is 39.0 Å². The second kappa shape index (κ2) is 7.31. The molecule has 0 spiro atoms. The van der Waals surface area contributed by atoms with Crippen LogP contribution >= 0.6 is 0 Å². The van der Waals surface area contributed by atoms with Gasteiger partial charge in [0.05, 0.1) is 12.9 Å². The third kappa shape index (κ3) is 4.03. The van der Waals surface area contributed by atoms with E-state index in [4.69, 9.17) is 4.74 Å². The van der Waals surface area contributed by atoms with Crippen LogP contribution in [0.3, 0.4) is 0 Å². The molecule has 1 heterocycles. The largest absolute Gasteiger partial charge is 0.496 e. The quantitative estimate of drug-likeness (QED) is 0.815. The Morgan fingerprint density at radius 2 is 1.87 bits per heavy atom. The van der Waals surface area contributed by atoms with Gasteiger partial charge in [0.1, 0.15) is 5.75 Å². The first kappa shape index (κ1) is 17.7. The maximum absolute atomic E-state index is 12.6. The summed E-state index contributed by atoms with van der Waals surface area (Å²) in [7, 11) is -1.59. The Balaban J connectivity index is 2.02. The fraction of sp³-hybridized carbons (Fsp3) is 0.562. The predicted octanol–water partition coefficient (Wildman–Crippen LogP) is 1.50. The fourth-order valence-electron chi connectivity index (χ4n) is 2.75. The normalized spacial score (nSPS) is 16.4. The highest BCUT2D eigenvalue weighted by molar-refractivity contribution is 7.89. The Bertz CT molecular complexity index is 665. The molecule has 0 bridgehead atoms. The van der Waals surface area contributed by atoms with Gasteiger partial charge in [-0.3, -0.25) is 4.79 Å². The summed E-state index contributed by atoms with van der Waals surface area (Å²) in [5.74, 6) is 0.846. The number of rotatable bonds is 5. The molecule has 0 unspecified atom stereocenters. The summed E-state index contributed by atoms with van der Waals surface area (Å²) in [4.78, 5) is 14.3. The van der Waals surface area contributed by atoms with Crippen LogP contribution < -0.4 is 4.74 Å². The van der Waals surface area contributed by atoms with E-state index in [0.717, 1.165) is 11.3 Å². The van der Waals surface area contributed by atoms with Crippen molar-refractivity contribution in [3.8, 4) is 5.75 Å². The van der Waals surface area contributed by atoms with Crippen LogP contribution in [0, 0.1) is 6.92 Å². The van der Waals surface area contributed by atoms with Gasteiger partial charge in [0.2, 0.25) is 10.0 Å². The van der Waals surface area contributed by atoms with E-state index < -0.39 is 10.0 Å². The number of hydrogen-bond acceptors (Lipinski definition) is 4. The summed E-state index contributed by atoms with van der Waals surface area (Å²) in [6.07, 6.45) is 0.604. The second-order valence-electron chi connectivity index (χ2n) is 5.69. The molecule has 1 saturated heterocycles. The minimum Gasteiger partial charge on any atom is -0.496 e. The number of carbonyl (C=O) groups excluding carboxylic acids is 1. The first-order chi connectivity index (χ1) is 10.9. The van der Waals surface area contributed by atoms with Crippen LogP contribution in [0.2, 0.25) is 0 Å². The maximum Gasteiger partial charge on any atom is 0.253 e. The van der Waals surface area contributed by atoms with Crippen LogP contribution in [0.25, 0.3) is 0 Å². The molecule has 0 aliphatic carbocycles. The van der Waals surface area contributed by atoms with Gasteiger partial charge in [0.25, 0.3) is 5.91 Å². The van der Waals surface area contributed by atoms with E-state index in [1.807, 2.05) is 13.8 Å². The van der Waals surface area contributed by atoms with Crippen LogP contribution in [0.1, 0.15) is 29.3 Å². The van der Waals surface area contributed by atoms with Gasteiger partial charge in [0, 0.05) is 31.7 Å². The lowest BCUT2D eigenvalue weighted by molar-refractivity contribution is 0.0698. The van der Waals surface area contributed by atoms with Gasteiger partial charge in [-0.2, -0.15) is 4.31 Å². The van der Waals surface area contributed by atoms with E-state index in [1.54, 1.807) is 30.2 Å². The highest BCUT2D eigenvalue weighted by Crippen LogP contribution is 2.20. The zero-order chi connectivity index (χ0) is 17.0. The zero-order valence-corrected chi connectivity index (χ0v) is 14.7. The average molecular weight is 340 g/mol. The minimum absolute atomic E-state index is 0.0664. The van der Waals surface area contributed by atoms with E-state index in [2.05, 4.69) is 0 Å². The molecule has 0 saturated carbocycles. The summed E-state index contributed by atoms with van der Waals surface area (Å²) in [6, 6.07) is 5.33. The molecule has 2 rings (SSSR count). The number of hydrogen-bond donors (Lipinski definition) is 0. The van der Waals surface area contributed by atoms with Crippen LogP contribution in [0.5, 0.6) is 5.75 Å². The fourth-order valence-corrected chi connectivity index (χ4v) is 4.24. The molecule has 128 valence electrons. The molecule has 0 N–H and O–H groups in total. The molecule has 0 radical (unpaired) electrons. The Morgan fingerprint density at radius 1 is 1.22 bits per heavy atom. The van der Waals surface area contributed by atoms with E-state index >= 15 is 0 Å². The summed E-state index contributed by atoms with van der Waals surface area (Å²) >= 11 is 0. The molecular weight excluding hydrogens is 316 g/mol. The van der Waals surface area contributed by atoms with E-state index in [0.29, 0.717) is 38.2 Å². The molecule has 1 aliphatic rings. The highest BCUT2D eigenvalue weighted by Gasteiger charge is 2.28. The summed E-state index contributed by atoms with van der Waals surface area (Å²) < 4.78 is 30.8. The molecule has 0 atom stereocenters. The molecule has 23 heavy (non-hydrogen) atoms. The Kier molecular flexibility index (Phi) is 5.64. The van der Waals surface area contributed by atoms with Crippen molar-refractivity contribution in [2.24, 2.45) is 0 Å². The molecule has 1 aliphatic heterocycles. The van der Waals surface area contributed by atoms with Crippen LogP contribution in [0.15, 0.2) is 18.2 Å². The third-order valence-electron chi connectivity index (χ3n) is 4.02. The number of nitrogens with zero attached hydrogens (tertiary/aromatic N) is 2. The molecule has 1 aromatic rings. The first-order valence-electron chi connectivity index (χ1n) is 7.80. The van der Waals surface area contributed by atoms with Gasteiger partial charge < -0.3 is 9.64 Å². The molecule has 1 fully saturated rings. The highest BCUT2D eigenvalue weighted by atomic mass is 32.2. The lowest BCUT2D eigenvalue weighted by Crippen LogP contribution is -2.51. The van der Waals surface area contributed by atoms with Gasteiger partial charge in [0.15, 0.2) is 0 Å². The number of carbonyl (C=O) groups is 1. The van der Waals surface area contributed by atoms with Crippen molar-refractivity contribution in [2.45, 2.75) is 20.3 Å². The van der Waals surface area contributed by atoms with Gasteiger partial charge >= 0.3 is 0 Å². The number of benzene rings is 1. The standard InChI is InChI=1S/C16H24N2O4S/c1-4-11-23(20,21)18-9-7-17(8-10-18)16(19)14-5-6-15(22-3)13(2)12-14/h5-6,12H,4,7-11H2,1-3H3. The Hall–Kier alpha value is -1.60. The second-order valence-corrected chi connectivity index (χ2v) is 7.78. The number of aryl methyl sites for hydroxylation is 1. The summed E-state index contributed by atoms with van der Waals surface area (Å²) in [5, 5.41) is 0. The van der Waals surface area contributed by atoms with Crippen LogP contribution in [-0.4, -0.2) is 62.6 Å². The van der Waals surface area contributed by atoms with Crippen molar-refractivity contribution in [1.82, 2.24) is 9.21 Å². The average Bonchev–Trinajstić information content (AvgIpc) is 2.54. The van der Waals surface area contributed by atoms with Crippen molar-refractivity contribution >= 4 is 15.9 Å². The van der Waals surface area contributed by atoms with Gasteiger partial charge in [-0.15, -0.1) is 0 Å². The van der Waals surface area contributed by atoms with Crippen molar-refractivity contribution in [3.05, 3.63) is 29.3 Å². The number of sulfonamides is 1. The number of amides is 1. The SMILES string of the molecule is CCCS(=O)(=O)N1CCN(C(=O)c2ccc(OC)c(C)c2)CC1. The first-order valence-corrected chi connectivity index (χ1v) is 9.41. The molecule has 6 nitrogen and oxygen atoms in total. The smallest absolute Gasteiger partial charge is 0.253 e. The van der Waals surface area contributed by atoms with E-state index in [9.17, 15) is 13.2 Å². The monoisotopic (exact) mass is 340 g/mol. The summed E-state index contributed by atoms with van der Waals surface area (Å²) in [5.41, 5.74) is 1.51. The summed E-state index contributed by atoms with van der Waals surface area (Å²) in [6.45, 7) is 5.32. The molecule has 1 aromatic carbocycles. The van der Waals surface area contributed by atoms with Gasteiger partial charge in [-0.25, -0.2) is 8.42 Å². The van der Waals surface area contributed by atoms with E-state index in [1.165, 1.54) is 4.31 Å². The van der Waals surface area contributed by atoms with Gasteiger partial charge in [-0.1, -0.05) is 6.92 Å². The van der Waals surface area contributed by atoms with E-state index in [-0.39, 0.29) is 11.7 Å². The predicted molar refractivity (Wildman–Crippen MR) is 89.3 cm³/mol. The molecular formula is C16H24N2O4S. The van der Waals surface area contributed by atoms with Crippen LogP contribution in [0.4, 0.5) is 0 Å². The Morgan fingerprint density at radius 3 is 2.39 bits per heavy atom. The number of methoxy groups -OCH3 is 1. The maximum atomic E-state index is 12.6. The molecule has 7 heteroatoms. The number of piperazine rings is 1. The number of ether oxygens (including phenoxy) is 1. The molecule has 0 aromatic heterocycles. The Labute approximate surface area is 138 Å². The van der Waals surface area contributed by atoms with Gasteiger partial charge in [-0.05, 0) is 37.1 Å². The van der Waals surface area contributed by atoms with Crippen molar-refractivity contribution in [1.29, 1.82) is 0 Å². The lowest BCUT2D eigenvalue weighted by Gasteiger charge is -2.34. The third-order valence-corrected chi connectivity index (χ3v) is 6.10. The lowest BCUT2D eigenvalue weighted by atomic mass is 10.1. The van der Waals surface area contributed by atoms with Crippen molar-refractivity contribution in [3.63, 3.8) is 0 Å². The van der Waals surface area contributed by atoms with Crippen LogP contribution in [-0.2, 0) is 10.0 Å². The topological polar surface area (TPSA) is 66.9 Å². The van der Waals surface area contributed by atoms with Crippen molar-refractivity contribution < 1.29 is 17.9 Å². The zero-order valence-electron chi connectivity index (χ0n) is 13.9. The minimum atomic E-state index is -3.18.